The molecule has 0 atom stereocenters. The van der Waals surface area contributed by atoms with Crippen molar-refractivity contribution >= 4 is 38.5 Å². The van der Waals surface area contributed by atoms with Gasteiger partial charge in [-0.3, -0.25) is 4.40 Å². The highest BCUT2D eigenvalue weighted by Gasteiger charge is 2.17. The minimum absolute atomic E-state index is 0.677. The van der Waals surface area contributed by atoms with Crippen LogP contribution in [0.4, 0.5) is 0 Å². The number of para-hydroxylation sites is 1. The summed E-state index contributed by atoms with van der Waals surface area (Å²) in [4.78, 5) is 20.4. The molecule has 0 N–H and O–H groups in total. The van der Waals surface area contributed by atoms with E-state index in [0.717, 1.165) is 72.1 Å². The highest BCUT2D eigenvalue weighted by molar-refractivity contribution is 6.09. The number of rotatable bonds is 4. The minimum atomic E-state index is 0.677. The molecule has 9 rings (SSSR count). The molecule has 0 amide bonds. The standard InChI is InChI=1S/C40H25N5/c1-2-12-26(13-3-1)27-14-10-15-28(24-27)37-33-20-6-7-21-34(33)41-39(43-37)30-17-11-16-29(25-30)36-31-18-4-5-19-32(31)38-40(44-36)45-23-9-8-22-35(45)42-38/h1-25H. The van der Waals surface area contributed by atoms with Gasteiger partial charge < -0.3 is 0 Å². The van der Waals surface area contributed by atoms with Crippen LogP contribution in [-0.4, -0.2) is 24.3 Å². The highest BCUT2D eigenvalue weighted by Crippen LogP contribution is 2.36. The number of nitrogens with zero attached hydrogens (tertiary/aromatic N) is 5. The van der Waals surface area contributed by atoms with E-state index in [1.54, 1.807) is 0 Å². The van der Waals surface area contributed by atoms with Crippen LogP contribution >= 0.6 is 0 Å². The third kappa shape index (κ3) is 4.25. The lowest BCUT2D eigenvalue weighted by Crippen LogP contribution is -1.96. The van der Waals surface area contributed by atoms with E-state index < -0.39 is 0 Å². The number of imidazole rings is 1. The zero-order valence-electron chi connectivity index (χ0n) is 24.2. The first-order chi connectivity index (χ1) is 22.3. The normalized spacial score (nSPS) is 11.6. The van der Waals surface area contributed by atoms with Gasteiger partial charge in [-0.05, 0) is 41.5 Å². The second-order valence-corrected chi connectivity index (χ2v) is 11.2. The van der Waals surface area contributed by atoms with Gasteiger partial charge in [-0.1, -0.05) is 115 Å². The van der Waals surface area contributed by atoms with Crippen LogP contribution in [0.5, 0.6) is 0 Å². The summed E-state index contributed by atoms with van der Waals surface area (Å²) in [5.74, 6) is 0.677. The predicted octanol–water partition coefficient (Wildman–Crippen LogP) is 9.65. The zero-order chi connectivity index (χ0) is 29.7. The average Bonchev–Trinajstić information content (AvgIpc) is 3.50. The van der Waals surface area contributed by atoms with Crippen molar-refractivity contribution in [2.24, 2.45) is 0 Å². The SMILES string of the molecule is c1ccc(-c2cccc(-c3nc(-c4cccc(-c5nc6c(nc7ccccn76)c6ccccc56)c4)nc4ccccc34)c2)cc1. The van der Waals surface area contributed by atoms with Gasteiger partial charge in [0.2, 0.25) is 0 Å². The van der Waals surface area contributed by atoms with E-state index in [-0.39, 0.29) is 0 Å². The van der Waals surface area contributed by atoms with Gasteiger partial charge in [-0.15, -0.1) is 0 Å². The van der Waals surface area contributed by atoms with E-state index >= 15 is 0 Å². The summed E-state index contributed by atoms with van der Waals surface area (Å²) in [7, 11) is 0. The minimum Gasteiger partial charge on any atom is -0.284 e. The van der Waals surface area contributed by atoms with Crippen molar-refractivity contribution in [2.75, 3.05) is 0 Å². The Morgan fingerprint density at radius 3 is 1.87 bits per heavy atom. The van der Waals surface area contributed by atoms with Crippen LogP contribution in [-0.2, 0) is 0 Å². The van der Waals surface area contributed by atoms with Crippen molar-refractivity contribution in [1.82, 2.24) is 24.3 Å². The third-order valence-electron chi connectivity index (χ3n) is 8.40. The number of fused-ring (bicyclic) bond motifs is 6. The van der Waals surface area contributed by atoms with Gasteiger partial charge in [-0.25, -0.2) is 19.9 Å². The maximum atomic E-state index is 5.21. The molecule has 4 heterocycles. The fourth-order valence-corrected chi connectivity index (χ4v) is 6.26. The molecule has 4 aromatic heterocycles. The molecule has 0 spiro atoms. The van der Waals surface area contributed by atoms with E-state index in [1.165, 1.54) is 5.56 Å². The van der Waals surface area contributed by atoms with Crippen molar-refractivity contribution in [3.63, 3.8) is 0 Å². The van der Waals surface area contributed by atoms with Crippen LogP contribution in [0.15, 0.2) is 152 Å². The van der Waals surface area contributed by atoms with Crippen molar-refractivity contribution in [2.45, 2.75) is 0 Å². The summed E-state index contributed by atoms with van der Waals surface area (Å²) in [5.41, 5.74) is 10.7. The van der Waals surface area contributed by atoms with Crippen molar-refractivity contribution in [3.05, 3.63) is 152 Å². The van der Waals surface area contributed by atoms with Crippen LogP contribution in [0, 0.1) is 0 Å². The van der Waals surface area contributed by atoms with Crippen LogP contribution in [0.1, 0.15) is 0 Å². The molecule has 0 bridgehead atoms. The Bertz CT molecular complexity index is 2550. The third-order valence-corrected chi connectivity index (χ3v) is 8.40. The second-order valence-electron chi connectivity index (χ2n) is 11.2. The number of pyridine rings is 2. The summed E-state index contributed by atoms with van der Waals surface area (Å²) in [6, 6.07) is 50.1. The van der Waals surface area contributed by atoms with Gasteiger partial charge in [0.15, 0.2) is 11.5 Å². The highest BCUT2D eigenvalue weighted by atomic mass is 15.1. The maximum Gasteiger partial charge on any atom is 0.165 e. The van der Waals surface area contributed by atoms with E-state index in [4.69, 9.17) is 19.9 Å². The maximum absolute atomic E-state index is 5.21. The molecule has 9 aromatic rings. The molecule has 0 aliphatic rings. The molecular formula is C40H25N5. The van der Waals surface area contributed by atoms with Gasteiger partial charge in [0.1, 0.15) is 11.2 Å². The van der Waals surface area contributed by atoms with E-state index in [2.05, 4.69) is 114 Å². The monoisotopic (exact) mass is 575 g/mol. The van der Waals surface area contributed by atoms with Crippen LogP contribution < -0.4 is 0 Å². The fraction of sp³-hybridized carbons (Fsp3) is 0. The molecule has 0 aliphatic carbocycles. The summed E-state index contributed by atoms with van der Waals surface area (Å²) < 4.78 is 2.05. The largest absolute Gasteiger partial charge is 0.284 e. The average molecular weight is 576 g/mol. The molecule has 45 heavy (non-hydrogen) atoms. The molecule has 5 aromatic carbocycles. The van der Waals surface area contributed by atoms with E-state index in [1.807, 2.05) is 42.6 Å². The lowest BCUT2D eigenvalue weighted by Gasteiger charge is -2.12. The topological polar surface area (TPSA) is 56.0 Å². The van der Waals surface area contributed by atoms with Crippen molar-refractivity contribution < 1.29 is 0 Å². The Kier molecular flexibility index (Phi) is 5.74. The van der Waals surface area contributed by atoms with Crippen LogP contribution in [0.3, 0.4) is 0 Å². The second kappa shape index (κ2) is 10.2. The first-order valence-corrected chi connectivity index (χ1v) is 15.0. The first-order valence-electron chi connectivity index (χ1n) is 15.0. The molecular weight excluding hydrogens is 550 g/mol. The molecule has 0 unspecified atom stereocenters. The van der Waals surface area contributed by atoms with Crippen molar-refractivity contribution in [3.8, 4) is 45.0 Å². The molecule has 0 saturated carbocycles. The first kappa shape index (κ1) is 25.3. The lowest BCUT2D eigenvalue weighted by atomic mass is 9.99. The Labute approximate surface area is 259 Å². The Morgan fingerprint density at radius 1 is 0.400 bits per heavy atom. The van der Waals surface area contributed by atoms with Crippen LogP contribution in [0.25, 0.3) is 83.5 Å². The lowest BCUT2D eigenvalue weighted by molar-refractivity contribution is 1.19. The molecule has 5 nitrogen and oxygen atoms in total. The molecule has 210 valence electrons. The van der Waals surface area contributed by atoms with Gasteiger partial charge >= 0.3 is 0 Å². The van der Waals surface area contributed by atoms with Crippen molar-refractivity contribution in [1.29, 1.82) is 0 Å². The molecule has 0 fully saturated rings. The predicted molar refractivity (Wildman–Crippen MR) is 183 cm³/mol. The quantitative estimate of drug-likeness (QED) is 0.210. The smallest absolute Gasteiger partial charge is 0.165 e. The number of aromatic nitrogens is 5. The molecule has 0 saturated heterocycles. The van der Waals surface area contributed by atoms with Gasteiger partial charge in [-0.2, -0.15) is 0 Å². The zero-order valence-corrected chi connectivity index (χ0v) is 24.2. The van der Waals surface area contributed by atoms with Crippen LogP contribution in [0.2, 0.25) is 0 Å². The fourth-order valence-electron chi connectivity index (χ4n) is 6.26. The van der Waals surface area contributed by atoms with E-state index in [9.17, 15) is 0 Å². The Morgan fingerprint density at radius 2 is 1.02 bits per heavy atom. The Balaban J connectivity index is 1.23. The number of hydrogen-bond acceptors (Lipinski definition) is 4. The summed E-state index contributed by atoms with van der Waals surface area (Å²) in [5, 5.41) is 3.16. The summed E-state index contributed by atoms with van der Waals surface area (Å²) in [6.07, 6.45) is 2.02. The molecule has 0 aliphatic heterocycles. The Hall–Kier alpha value is -6.20. The summed E-state index contributed by atoms with van der Waals surface area (Å²) in [6.45, 7) is 0. The van der Waals surface area contributed by atoms with E-state index in [0.29, 0.717) is 5.82 Å². The number of hydrogen-bond donors (Lipinski definition) is 0. The van der Waals surface area contributed by atoms with Gasteiger partial charge in [0.25, 0.3) is 0 Å². The molecule has 5 heteroatoms. The van der Waals surface area contributed by atoms with Gasteiger partial charge in [0.05, 0.1) is 16.9 Å². The summed E-state index contributed by atoms with van der Waals surface area (Å²) >= 11 is 0. The number of benzene rings is 5. The molecule has 0 radical (unpaired) electrons. The van der Waals surface area contributed by atoms with Gasteiger partial charge in [0, 0.05) is 39.0 Å².